The number of carbonyl (C=O) groups excluding carboxylic acids is 2. The summed E-state index contributed by atoms with van der Waals surface area (Å²) in [6.45, 7) is 3.60. The van der Waals surface area contributed by atoms with Crippen LogP contribution < -0.4 is 10.2 Å². The minimum atomic E-state index is -4.65. The highest BCUT2D eigenvalue weighted by molar-refractivity contribution is 6.05. The molecular formula is C31H24F4N4O2. The van der Waals surface area contributed by atoms with E-state index in [2.05, 4.69) is 17.2 Å². The number of nitrogens with one attached hydrogen (secondary N) is 1. The molecule has 1 aliphatic rings. The lowest BCUT2D eigenvalue weighted by Gasteiger charge is -2.38. The maximum atomic E-state index is 14.1. The Kier molecular flexibility index (Phi) is 7.37. The normalized spacial score (nSPS) is 16.5. The summed E-state index contributed by atoms with van der Waals surface area (Å²) < 4.78 is 55.6. The quantitative estimate of drug-likeness (QED) is 0.252. The van der Waals surface area contributed by atoms with Crippen molar-refractivity contribution in [1.29, 1.82) is 0 Å². The number of anilines is 1. The third-order valence-electron chi connectivity index (χ3n) is 6.86. The number of alkyl halides is 3. The van der Waals surface area contributed by atoms with Gasteiger partial charge in [0.05, 0.1) is 11.3 Å². The molecule has 6 nitrogen and oxygen atoms in total. The van der Waals surface area contributed by atoms with Crippen LogP contribution in [0.4, 0.5) is 23.4 Å². The van der Waals surface area contributed by atoms with Crippen molar-refractivity contribution < 1.29 is 27.2 Å². The predicted molar refractivity (Wildman–Crippen MR) is 145 cm³/mol. The van der Waals surface area contributed by atoms with Gasteiger partial charge >= 0.3 is 6.18 Å². The average molecular weight is 561 g/mol. The standard InChI is InChI=1S/C31H24F4N4O2/c1-3-9-24-26-25(19-14-16-22(32)17-15-19)27(36-28(40)20-10-8-11-21(18-20)31(33,34)35)30(41)38(4-2)29(26)39(37-24)23-12-6-5-7-13-23/h5-8,10-18,25,27H,4H2,1-2H3,(H,36,40)/t25-,27-/m0/s1. The van der Waals surface area contributed by atoms with Gasteiger partial charge in [0.15, 0.2) is 0 Å². The molecule has 1 aliphatic heterocycles. The summed E-state index contributed by atoms with van der Waals surface area (Å²) in [5, 5.41) is 7.40. The monoisotopic (exact) mass is 560 g/mol. The fourth-order valence-electron chi connectivity index (χ4n) is 5.05. The van der Waals surface area contributed by atoms with Crippen molar-refractivity contribution in [2.24, 2.45) is 0 Å². The van der Waals surface area contributed by atoms with E-state index in [9.17, 15) is 27.2 Å². The highest BCUT2D eigenvalue weighted by Gasteiger charge is 2.46. The topological polar surface area (TPSA) is 67.2 Å². The van der Waals surface area contributed by atoms with Gasteiger partial charge in [0.1, 0.15) is 23.4 Å². The third kappa shape index (κ3) is 5.18. The highest BCUT2D eigenvalue weighted by Crippen LogP contribution is 2.43. The molecule has 0 aliphatic carbocycles. The second kappa shape index (κ2) is 10.9. The summed E-state index contributed by atoms with van der Waals surface area (Å²) in [6.07, 6.45) is -4.65. The Balaban J connectivity index is 1.70. The maximum Gasteiger partial charge on any atom is 0.416 e. The Labute approximate surface area is 233 Å². The lowest BCUT2D eigenvalue weighted by atomic mass is 9.81. The van der Waals surface area contributed by atoms with Crippen molar-refractivity contribution in [1.82, 2.24) is 15.1 Å². The average Bonchev–Trinajstić information content (AvgIpc) is 3.33. The number of hydrogen-bond donors (Lipinski definition) is 1. The van der Waals surface area contributed by atoms with Crippen LogP contribution in [0.25, 0.3) is 5.69 Å². The number of hydrogen-bond acceptors (Lipinski definition) is 3. The molecule has 0 spiro atoms. The first kappa shape index (κ1) is 27.6. The second-order valence-electron chi connectivity index (χ2n) is 9.35. The molecule has 0 saturated heterocycles. The minimum absolute atomic E-state index is 0.204. The number of para-hydroxylation sites is 1. The van der Waals surface area contributed by atoms with Crippen molar-refractivity contribution in [2.45, 2.75) is 32.0 Å². The third-order valence-corrected chi connectivity index (χ3v) is 6.86. The zero-order valence-electron chi connectivity index (χ0n) is 22.0. The summed E-state index contributed by atoms with van der Waals surface area (Å²) in [5.41, 5.74) is 0.807. The Morgan fingerprint density at radius 1 is 1.02 bits per heavy atom. The summed E-state index contributed by atoms with van der Waals surface area (Å²) in [5.74, 6) is 3.56. The summed E-state index contributed by atoms with van der Waals surface area (Å²) in [6, 6.07) is 17.4. The summed E-state index contributed by atoms with van der Waals surface area (Å²) in [7, 11) is 0. The number of aromatic nitrogens is 2. The zero-order chi connectivity index (χ0) is 29.3. The molecule has 0 saturated carbocycles. The number of nitrogens with zero attached hydrogens (tertiary/aromatic N) is 3. The SMILES string of the molecule is CC#Cc1nn(-c2ccccc2)c2c1[C@H](c1ccc(F)cc1)[C@H](NC(=O)c1cccc(C(F)(F)F)c1)C(=O)N2CC. The number of amides is 2. The highest BCUT2D eigenvalue weighted by atomic mass is 19.4. The van der Waals surface area contributed by atoms with Gasteiger partial charge < -0.3 is 5.32 Å². The molecule has 2 atom stereocenters. The van der Waals surface area contributed by atoms with Crippen LogP contribution in [0.2, 0.25) is 0 Å². The van der Waals surface area contributed by atoms with Crippen LogP contribution in [-0.2, 0) is 11.0 Å². The van der Waals surface area contributed by atoms with Crippen LogP contribution in [0.3, 0.4) is 0 Å². The van der Waals surface area contributed by atoms with Gasteiger partial charge in [-0.05, 0) is 67.8 Å². The second-order valence-corrected chi connectivity index (χ2v) is 9.35. The van der Waals surface area contributed by atoms with Crippen molar-refractivity contribution in [3.05, 3.63) is 113 Å². The molecule has 0 bridgehead atoms. The molecule has 5 rings (SSSR count). The summed E-state index contributed by atoms with van der Waals surface area (Å²) >= 11 is 0. The van der Waals surface area contributed by atoms with Crippen LogP contribution in [0, 0.1) is 17.7 Å². The van der Waals surface area contributed by atoms with Gasteiger partial charge in [-0.15, -0.1) is 0 Å². The van der Waals surface area contributed by atoms with Crippen LogP contribution in [0.1, 0.15) is 52.5 Å². The Morgan fingerprint density at radius 3 is 2.37 bits per heavy atom. The van der Waals surface area contributed by atoms with Gasteiger partial charge in [0, 0.05) is 23.6 Å². The number of rotatable bonds is 5. The van der Waals surface area contributed by atoms with Crippen molar-refractivity contribution in [3.8, 4) is 17.5 Å². The number of halogens is 4. The molecule has 41 heavy (non-hydrogen) atoms. The molecule has 0 fully saturated rings. The Bertz CT molecular complexity index is 1670. The smallest absolute Gasteiger partial charge is 0.339 e. The molecular weight excluding hydrogens is 536 g/mol. The number of fused-ring (bicyclic) bond motifs is 1. The van der Waals surface area contributed by atoms with E-state index in [0.717, 1.165) is 18.2 Å². The van der Waals surface area contributed by atoms with Gasteiger partial charge in [-0.25, -0.2) is 9.07 Å². The van der Waals surface area contributed by atoms with Crippen LogP contribution in [0.15, 0.2) is 78.9 Å². The molecule has 1 aromatic heterocycles. The van der Waals surface area contributed by atoms with Gasteiger partial charge in [-0.2, -0.15) is 18.3 Å². The lowest BCUT2D eigenvalue weighted by molar-refractivity contribution is -0.137. The molecule has 3 aromatic carbocycles. The minimum Gasteiger partial charge on any atom is -0.339 e. The van der Waals surface area contributed by atoms with Crippen molar-refractivity contribution >= 4 is 17.6 Å². The zero-order valence-corrected chi connectivity index (χ0v) is 22.0. The van der Waals surface area contributed by atoms with E-state index in [-0.39, 0.29) is 12.1 Å². The first-order valence-electron chi connectivity index (χ1n) is 12.8. The molecule has 0 radical (unpaired) electrons. The van der Waals surface area contributed by atoms with E-state index < -0.39 is 41.3 Å². The van der Waals surface area contributed by atoms with Crippen LogP contribution in [-0.4, -0.2) is 34.2 Å². The van der Waals surface area contributed by atoms with E-state index in [0.29, 0.717) is 28.3 Å². The van der Waals surface area contributed by atoms with E-state index in [1.165, 1.54) is 35.2 Å². The molecule has 2 heterocycles. The van der Waals surface area contributed by atoms with Crippen LogP contribution >= 0.6 is 0 Å². The molecule has 10 heteroatoms. The molecule has 208 valence electrons. The predicted octanol–water partition coefficient (Wildman–Crippen LogP) is 5.70. The Morgan fingerprint density at radius 2 is 1.73 bits per heavy atom. The van der Waals surface area contributed by atoms with E-state index in [1.807, 2.05) is 30.3 Å². The maximum absolute atomic E-state index is 14.1. The molecule has 4 aromatic rings. The molecule has 0 unspecified atom stereocenters. The largest absolute Gasteiger partial charge is 0.416 e. The number of benzene rings is 3. The lowest BCUT2D eigenvalue weighted by Crippen LogP contribution is -2.55. The number of likely N-dealkylation sites (N-methyl/N-ethyl adjacent to an activating group) is 1. The fraction of sp³-hybridized carbons (Fsp3) is 0.194. The van der Waals surface area contributed by atoms with Gasteiger partial charge in [0.2, 0.25) is 0 Å². The van der Waals surface area contributed by atoms with Crippen LogP contribution in [0.5, 0.6) is 0 Å². The van der Waals surface area contributed by atoms with Gasteiger partial charge in [-0.1, -0.05) is 42.3 Å². The first-order chi connectivity index (χ1) is 19.6. The van der Waals surface area contributed by atoms with Crippen molar-refractivity contribution in [2.75, 3.05) is 11.4 Å². The van der Waals surface area contributed by atoms with E-state index in [4.69, 9.17) is 5.10 Å². The molecule has 1 N–H and O–H groups in total. The van der Waals surface area contributed by atoms with E-state index >= 15 is 0 Å². The fourth-order valence-corrected chi connectivity index (χ4v) is 5.05. The molecule has 2 amide bonds. The van der Waals surface area contributed by atoms with Gasteiger partial charge in [0.25, 0.3) is 11.8 Å². The first-order valence-corrected chi connectivity index (χ1v) is 12.8. The van der Waals surface area contributed by atoms with E-state index in [1.54, 1.807) is 18.5 Å². The number of carbonyl (C=O) groups is 2. The Hall–Kier alpha value is -4.91. The summed E-state index contributed by atoms with van der Waals surface area (Å²) in [4.78, 5) is 28.9. The van der Waals surface area contributed by atoms with Crippen molar-refractivity contribution in [3.63, 3.8) is 0 Å². The van der Waals surface area contributed by atoms with Gasteiger partial charge in [-0.3, -0.25) is 14.5 Å².